The van der Waals surface area contributed by atoms with Crippen molar-refractivity contribution in [3.05, 3.63) is 65.7 Å². The predicted octanol–water partition coefficient (Wildman–Crippen LogP) is 6.72. The molecule has 0 aliphatic heterocycles. The lowest BCUT2D eigenvalue weighted by Crippen LogP contribution is -2.27. The quantitative estimate of drug-likeness (QED) is 0.236. The number of para-hydroxylation sites is 1. The fourth-order valence-corrected chi connectivity index (χ4v) is 5.13. The standard InChI is InChI=1S/C28H24FN7OS/c1-14-8-9-20(38-14)17-6-5-7-18-24(17)34-26(33-18)25-21-19(35-36-25)13-31-23(22(21)29)15-10-16(12-30-11-15)32-27(37)28(2,3)4/h5-13H,1-4H3,(H,32,37)(H,33,34)(H,35,36). The van der Waals surface area contributed by atoms with Gasteiger partial charge in [0.15, 0.2) is 11.6 Å². The maximum Gasteiger partial charge on any atom is 0.229 e. The molecule has 6 rings (SSSR count). The number of halogens is 1. The van der Waals surface area contributed by atoms with E-state index in [4.69, 9.17) is 4.98 Å². The SMILES string of the molecule is Cc1ccc(-c2cccc3nc(-c4n[nH]c5cnc(-c6cncc(NC(=O)C(C)(C)C)c6)c(F)c45)[nH]c23)s1. The van der Waals surface area contributed by atoms with E-state index in [9.17, 15) is 4.79 Å². The second kappa shape index (κ2) is 8.84. The zero-order valence-corrected chi connectivity index (χ0v) is 22.0. The second-order valence-corrected chi connectivity index (χ2v) is 11.4. The van der Waals surface area contributed by atoms with Gasteiger partial charge in [-0.2, -0.15) is 5.10 Å². The molecule has 0 saturated heterocycles. The fraction of sp³-hybridized carbons (Fsp3) is 0.179. The van der Waals surface area contributed by atoms with Crippen LogP contribution in [0.15, 0.2) is 55.0 Å². The Morgan fingerprint density at radius 3 is 2.68 bits per heavy atom. The summed E-state index contributed by atoms with van der Waals surface area (Å²) in [5.41, 5.74) is 3.87. The zero-order valence-electron chi connectivity index (χ0n) is 21.2. The van der Waals surface area contributed by atoms with Gasteiger partial charge < -0.3 is 10.3 Å². The third kappa shape index (κ3) is 4.12. The Bertz CT molecular complexity index is 1840. The number of hydrogen-bond acceptors (Lipinski definition) is 6. The molecule has 0 atom stereocenters. The largest absolute Gasteiger partial charge is 0.336 e. The van der Waals surface area contributed by atoms with Crippen LogP contribution in [0, 0.1) is 18.2 Å². The van der Waals surface area contributed by atoms with E-state index in [0.29, 0.717) is 28.3 Å². The number of pyridine rings is 2. The predicted molar refractivity (Wildman–Crippen MR) is 148 cm³/mol. The maximum atomic E-state index is 16.0. The number of benzene rings is 1. The number of nitrogens with zero attached hydrogens (tertiary/aromatic N) is 4. The lowest BCUT2D eigenvalue weighted by Gasteiger charge is -2.17. The fourth-order valence-electron chi connectivity index (χ4n) is 4.23. The third-order valence-electron chi connectivity index (χ3n) is 6.24. The highest BCUT2D eigenvalue weighted by atomic mass is 32.1. The van der Waals surface area contributed by atoms with Crippen LogP contribution in [0.2, 0.25) is 0 Å². The van der Waals surface area contributed by atoms with Crippen molar-refractivity contribution in [2.24, 2.45) is 5.41 Å². The smallest absolute Gasteiger partial charge is 0.229 e. The summed E-state index contributed by atoms with van der Waals surface area (Å²) in [6.07, 6.45) is 4.57. The van der Waals surface area contributed by atoms with E-state index in [1.165, 1.54) is 23.5 Å². The van der Waals surface area contributed by atoms with Crippen LogP contribution in [-0.2, 0) is 4.79 Å². The molecule has 0 bridgehead atoms. The number of nitrogens with one attached hydrogen (secondary N) is 3. The number of aromatic amines is 2. The van der Waals surface area contributed by atoms with Gasteiger partial charge >= 0.3 is 0 Å². The molecule has 10 heteroatoms. The molecule has 5 aromatic heterocycles. The number of amides is 1. The van der Waals surface area contributed by atoms with Crippen LogP contribution >= 0.6 is 11.3 Å². The first-order valence-electron chi connectivity index (χ1n) is 12.0. The van der Waals surface area contributed by atoms with Gasteiger partial charge in [0, 0.05) is 32.5 Å². The molecule has 0 fully saturated rings. The molecule has 0 saturated carbocycles. The summed E-state index contributed by atoms with van der Waals surface area (Å²) in [5, 5.41) is 10.4. The van der Waals surface area contributed by atoms with Crippen molar-refractivity contribution < 1.29 is 9.18 Å². The second-order valence-electron chi connectivity index (χ2n) is 10.1. The molecule has 8 nitrogen and oxygen atoms in total. The molecule has 3 N–H and O–H groups in total. The lowest BCUT2D eigenvalue weighted by molar-refractivity contribution is -0.123. The normalized spacial score (nSPS) is 11.9. The Hall–Kier alpha value is -4.44. The topological polar surface area (TPSA) is 112 Å². The van der Waals surface area contributed by atoms with Crippen LogP contribution in [0.25, 0.3) is 55.2 Å². The molecule has 5 heterocycles. The number of rotatable bonds is 4. The minimum atomic E-state index is -0.584. The van der Waals surface area contributed by atoms with E-state index in [2.05, 4.69) is 49.5 Å². The summed E-state index contributed by atoms with van der Waals surface area (Å²) >= 11 is 1.70. The van der Waals surface area contributed by atoms with Crippen molar-refractivity contribution in [2.45, 2.75) is 27.7 Å². The Labute approximate surface area is 221 Å². The summed E-state index contributed by atoms with van der Waals surface area (Å²) in [6.45, 7) is 7.52. The van der Waals surface area contributed by atoms with Gasteiger partial charge in [0.1, 0.15) is 11.4 Å². The van der Waals surface area contributed by atoms with Gasteiger partial charge in [0.05, 0.1) is 40.0 Å². The average Bonchev–Trinajstić information content (AvgIpc) is 3.61. The Kier molecular flexibility index (Phi) is 5.57. The number of hydrogen-bond donors (Lipinski definition) is 3. The number of anilines is 1. The first-order chi connectivity index (χ1) is 18.2. The Morgan fingerprint density at radius 1 is 1.08 bits per heavy atom. The molecular formula is C28H24FN7OS. The van der Waals surface area contributed by atoms with E-state index < -0.39 is 11.2 Å². The average molecular weight is 526 g/mol. The zero-order chi connectivity index (χ0) is 26.6. The molecule has 0 unspecified atom stereocenters. The Morgan fingerprint density at radius 2 is 1.92 bits per heavy atom. The highest BCUT2D eigenvalue weighted by molar-refractivity contribution is 7.15. The van der Waals surface area contributed by atoms with Gasteiger partial charge in [-0.3, -0.25) is 19.9 Å². The number of aromatic nitrogens is 6. The van der Waals surface area contributed by atoms with E-state index >= 15 is 4.39 Å². The minimum absolute atomic E-state index is 0.102. The van der Waals surface area contributed by atoms with Crippen LogP contribution in [0.1, 0.15) is 25.6 Å². The molecule has 0 aliphatic carbocycles. The molecule has 0 aliphatic rings. The summed E-state index contributed by atoms with van der Waals surface area (Å²) in [5.74, 6) is -0.270. The van der Waals surface area contributed by atoms with Crippen LogP contribution in [0.4, 0.5) is 10.1 Å². The third-order valence-corrected chi connectivity index (χ3v) is 7.28. The molecular weight excluding hydrogens is 501 g/mol. The van der Waals surface area contributed by atoms with Crippen molar-refractivity contribution in [1.82, 2.24) is 30.1 Å². The van der Waals surface area contributed by atoms with Gasteiger partial charge in [-0.05, 0) is 31.2 Å². The first kappa shape index (κ1) is 23.9. The van der Waals surface area contributed by atoms with E-state index in [0.717, 1.165) is 21.5 Å². The monoisotopic (exact) mass is 525 g/mol. The number of H-pyrrole nitrogens is 2. The van der Waals surface area contributed by atoms with Gasteiger partial charge in [0.2, 0.25) is 5.91 Å². The van der Waals surface area contributed by atoms with Crippen LogP contribution in [-0.4, -0.2) is 36.0 Å². The number of thiophene rings is 1. The van der Waals surface area contributed by atoms with Crippen LogP contribution in [0.3, 0.4) is 0 Å². The van der Waals surface area contributed by atoms with Crippen molar-refractivity contribution in [2.75, 3.05) is 5.32 Å². The molecule has 190 valence electrons. The van der Waals surface area contributed by atoms with Crippen molar-refractivity contribution in [1.29, 1.82) is 0 Å². The number of carbonyl (C=O) groups is 1. The van der Waals surface area contributed by atoms with Gasteiger partial charge in [-0.15, -0.1) is 11.3 Å². The molecule has 0 radical (unpaired) electrons. The first-order valence-corrected chi connectivity index (χ1v) is 12.9. The molecule has 1 amide bonds. The molecule has 0 spiro atoms. The molecule has 6 aromatic rings. The summed E-state index contributed by atoms with van der Waals surface area (Å²) in [4.78, 5) is 31.4. The van der Waals surface area contributed by atoms with E-state index in [1.54, 1.807) is 17.4 Å². The highest BCUT2D eigenvalue weighted by Gasteiger charge is 2.23. The van der Waals surface area contributed by atoms with Crippen molar-refractivity contribution >= 4 is 44.9 Å². The summed E-state index contributed by atoms with van der Waals surface area (Å²) in [6, 6.07) is 11.7. The number of fused-ring (bicyclic) bond motifs is 2. The maximum absolute atomic E-state index is 16.0. The summed E-state index contributed by atoms with van der Waals surface area (Å²) < 4.78 is 16.0. The van der Waals surface area contributed by atoms with E-state index in [-0.39, 0.29) is 17.0 Å². The lowest BCUT2D eigenvalue weighted by atomic mass is 9.95. The van der Waals surface area contributed by atoms with Crippen LogP contribution in [0.5, 0.6) is 0 Å². The van der Waals surface area contributed by atoms with Crippen molar-refractivity contribution in [3.8, 4) is 33.2 Å². The minimum Gasteiger partial charge on any atom is -0.336 e. The number of imidazole rings is 1. The van der Waals surface area contributed by atoms with E-state index in [1.807, 2.05) is 39.0 Å². The van der Waals surface area contributed by atoms with Crippen LogP contribution < -0.4 is 5.32 Å². The van der Waals surface area contributed by atoms with Crippen molar-refractivity contribution in [3.63, 3.8) is 0 Å². The van der Waals surface area contributed by atoms with Gasteiger partial charge in [0.25, 0.3) is 0 Å². The summed E-state index contributed by atoms with van der Waals surface area (Å²) in [7, 11) is 0. The highest BCUT2D eigenvalue weighted by Crippen LogP contribution is 2.36. The van der Waals surface area contributed by atoms with Gasteiger partial charge in [-0.1, -0.05) is 32.9 Å². The molecule has 1 aromatic carbocycles. The number of carbonyl (C=O) groups excluding carboxylic acids is 1. The molecule has 38 heavy (non-hydrogen) atoms. The Balaban J connectivity index is 1.44. The van der Waals surface area contributed by atoms with Gasteiger partial charge in [-0.25, -0.2) is 9.37 Å². The number of aryl methyl sites for hydroxylation is 1.